The fourth-order valence-electron chi connectivity index (χ4n) is 5.27. The van der Waals surface area contributed by atoms with Crippen molar-refractivity contribution in [3.8, 4) is 0 Å². The summed E-state index contributed by atoms with van der Waals surface area (Å²) in [5.74, 6) is -0.845. The summed E-state index contributed by atoms with van der Waals surface area (Å²) in [5, 5.41) is 0. The largest absolute Gasteiger partial charge is 0.472 e. The Morgan fingerprint density at radius 3 is 1.54 bits per heavy atom. The number of carbonyl (C=O) groups excluding carboxylic acids is 2. The minimum atomic E-state index is -4.29. The average molecular weight is 725 g/mol. The van der Waals surface area contributed by atoms with Gasteiger partial charge in [0.25, 0.3) is 0 Å². The van der Waals surface area contributed by atoms with E-state index in [9.17, 15) is 19.0 Å². The van der Waals surface area contributed by atoms with Gasteiger partial charge < -0.3 is 14.4 Å². The van der Waals surface area contributed by atoms with Crippen molar-refractivity contribution in [2.24, 2.45) is 0 Å². The second-order valence-electron chi connectivity index (χ2n) is 12.9. The van der Waals surface area contributed by atoms with Crippen LogP contribution in [-0.4, -0.2) is 42.8 Å². The topological polar surface area (TPSA) is 108 Å². The molecule has 0 aliphatic carbocycles. The number of hydrogen-bond acceptors (Lipinski definition) is 7. The molecule has 0 rings (SSSR count). The summed E-state index contributed by atoms with van der Waals surface area (Å²) in [7, 11) is -4.29. The van der Waals surface area contributed by atoms with Crippen LogP contribution < -0.4 is 0 Å². The molecule has 0 bridgehead atoms. The van der Waals surface area contributed by atoms with E-state index in [0.717, 1.165) is 57.8 Å². The van der Waals surface area contributed by atoms with Crippen LogP contribution in [0.15, 0.2) is 48.6 Å². The standard InChI is InChI=1S/C41H73O8P/c1-4-7-9-11-13-15-17-19-21-23-25-27-29-31-33-35-40(42)46-37-39(38-48-50(44,45)47-6-3)49-41(43)36-34-32-30-28-26-24-22-20-18-16-14-12-10-8-5-2/h8,10,14,16,20,22,26,28,39H,4-7,9,11-13,15,17-19,21,23-25,27,29-38H2,1-3H3,(H,44,45)/b10-8-,16-14-,22-20-,28-26-. The molecule has 0 fully saturated rings. The molecule has 0 aromatic heterocycles. The van der Waals surface area contributed by atoms with Gasteiger partial charge >= 0.3 is 19.8 Å². The fourth-order valence-corrected chi connectivity index (χ4v) is 6.02. The lowest BCUT2D eigenvalue weighted by atomic mass is 10.0. The second-order valence-corrected chi connectivity index (χ2v) is 14.4. The van der Waals surface area contributed by atoms with E-state index in [1.807, 2.05) is 0 Å². The number of esters is 2. The molecule has 2 atom stereocenters. The van der Waals surface area contributed by atoms with E-state index in [1.54, 1.807) is 6.92 Å². The number of unbranched alkanes of at least 4 members (excludes halogenated alkanes) is 16. The molecule has 0 saturated heterocycles. The van der Waals surface area contributed by atoms with Gasteiger partial charge in [0, 0.05) is 12.8 Å². The monoisotopic (exact) mass is 725 g/mol. The maximum Gasteiger partial charge on any atom is 0.472 e. The Hall–Kier alpha value is -1.99. The molecule has 0 aromatic rings. The van der Waals surface area contributed by atoms with E-state index in [2.05, 4.69) is 62.5 Å². The normalized spacial score (nSPS) is 13.9. The van der Waals surface area contributed by atoms with Crippen LogP contribution in [0, 0.1) is 0 Å². The van der Waals surface area contributed by atoms with Crippen LogP contribution in [0.5, 0.6) is 0 Å². The van der Waals surface area contributed by atoms with Crippen LogP contribution in [0.1, 0.15) is 175 Å². The smallest absolute Gasteiger partial charge is 0.462 e. The fraction of sp³-hybridized carbons (Fsp3) is 0.756. The lowest BCUT2D eigenvalue weighted by molar-refractivity contribution is -0.161. The SMILES string of the molecule is CC/C=C\C/C=C\C/C=C\C/C=C\CCCCC(=O)OC(COC(=O)CCCCCCCCCCCCCCCCC)COP(=O)(O)OCC. The van der Waals surface area contributed by atoms with Crippen molar-refractivity contribution < 1.29 is 37.6 Å². The van der Waals surface area contributed by atoms with Gasteiger partial charge in [-0.15, -0.1) is 0 Å². The number of carbonyl (C=O) groups is 2. The van der Waals surface area contributed by atoms with Gasteiger partial charge in [-0.25, -0.2) is 4.57 Å². The van der Waals surface area contributed by atoms with Crippen molar-refractivity contribution >= 4 is 19.8 Å². The summed E-state index contributed by atoms with van der Waals surface area (Å²) < 4.78 is 32.5. The Balaban J connectivity index is 4.19. The predicted octanol–water partition coefficient (Wildman–Crippen LogP) is 12.2. The summed E-state index contributed by atoms with van der Waals surface area (Å²) in [5.41, 5.74) is 0. The first-order valence-corrected chi connectivity index (χ1v) is 21.4. The zero-order valence-electron chi connectivity index (χ0n) is 32.0. The zero-order chi connectivity index (χ0) is 36.8. The summed E-state index contributed by atoms with van der Waals surface area (Å²) in [6, 6.07) is 0. The van der Waals surface area contributed by atoms with Crippen molar-refractivity contribution in [1.82, 2.24) is 0 Å². The van der Waals surface area contributed by atoms with Crippen molar-refractivity contribution in [3.63, 3.8) is 0 Å². The predicted molar refractivity (Wildman–Crippen MR) is 207 cm³/mol. The minimum Gasteiger partial charge on any atom is -0.462 e. The number of allylic oxidation sites excluding steroid dienone is 8. The number of hydrogen-bond donors (Lipinski definition) is 1. The molecule has 0 amide bonds. The molecule has 0 saturated carbocycles. The molecule has 0 radical (unpaired) electrons. The van der Waals surface area contributed by atoms with Gasteiger partial charge in [-0.3, -0.25) is 18.6 Å². The number of ether oxygens (including phenoxy) is 2. The Morgan fingerprint density at radius 2 is 1.02 bits per heavy atom. The number of rotatable bonds is 36. The van der Waals surface area contributed by atoms with E-state index in [0.29, 0.717) is 6.42 Å². The molecule has 50 heavy (non-hydrogen) atoms. The number of phosphoric ester groups is 1. The maximum atomic E-state index is 12.5. The molecule has 0 spiro atoms. The first-order valence-electron chi connectivity index (χ1n) is 19.9. The van der Waals surface area contributed by atoms with Gasteiger partial charge in [-0.1, -0.05) is 152 Å². The minimum absolute atomic E-state index is 0.00818. The highest BCUT2D eigenvalue weighted by Gasteiger charge is 2.25. The molecule has 290 valence electrons. The van der Waals surface area contributed by atoms with E-state index in [1.165, 1.54) is 77.0 Å². The molecule has 9 heteroatoms. The Morgan fingerprint density at radius 1 is 0.560 bits per heavy atom. The van der Waals surface area contributed by atoms with Gasteiger partial charge in [-0.2, -0.15) is 0 Å². The first-order chi connectivity index (χ1) is 24.3. The summed E-state index contributed by atoms with van der Waals surface area (Å²) in [6.07, 6.45) is 41.7. The van der Waals surface area contributed by atoms with Gasteiger partial charge in [0.15, 0.2) is 6.10 Å². The maximum absolute atomic E-state index is 12.5. The third-order valence-electron chi connectivity index (χ3n) is 8.15. The van der Waals surface area contributed by atoms with Gasteiger partial charge in [0.05, 0.1) is 13.2 Å². The van der Waals surface area contributed by atoms with E-state index in [4.69, 9.17) is 18.5 Å². The van der Waals surface area contributed by atoms with Crippen LogP contribution in [0.2, 0.25) is 0 Å². The Labute approximate surface area is 306 Å². The van der Waals surface area contributed by atoms with Crippen molar-refractivity contribution in [2.75, 3.05) is 19.8 Å². The third-order valence-corrected chi connectivity index (χ3v) is 9.21. The van der Waals surface area contributed by atoms with E-state index >= 15 is 0 Å². The highest BCUT2D eigenvalue weighted by atomic mass is 31.2. The summed E-state index contributed by atoms with van der Waals surface area (Å²) in [6.45, 7) is 5.31. The quantitative estimate of drug-likeness (QED) is 0.0294. The Kier molecular flexibility index (Phi) is 35.3. The molecule has 0 aromatic carbocycles. The number of phosphoric acid groups is 1. The van der Waals surface area contributed by atoms with Gasteiger partial charge in [-0.05, 0) is 58.3 Å². The zero-order valence-corrected chi connectivity index (χ0v) is 32.9. The van der Waals surface area contributed by atoms with Crippen molar-refractivity contribution in [1.29, 1.82) is 0 Å². The molecule has 1 N–H and O–H groups in total. The van der Waals surface area contributed by atoms with Crippen molar-refractivity contribution in [3.05, 3.63) is 48.6 Å². The lowest BCUT2D eigenvalue weighted by Gasteiger charge is -2.19. The summed E-state index contributed by atoms with van der Waals surface area (Å²) >= 11 is 0. The molecular weight excluding hydrogens is 651 g/mol. The summed E-state index contributed by atoms with van der Waals surface area (Å²) in [4.78, 5) is 34.6. The Bertz CT molecular complexity index is 958. The first kappa shape index (κ1) is 48.0. The lowest BCUT2D eigenvalue weighted by Crippen LogP contribution is -2.29. The van der Waals surface area contributed by atoms with E-state index < -0.39 is 26.5 Å². The van der Waals surface area contributed by atoms with Crippen LogP contribution in [0.4, 0.5) is 0 Å². The molecular formula is C41H73O8P. The molecule has 0 aliphatic heterocycles. The third kappa shape index (κ3) is 35.8. The van der Waals surface area contributed by atoms with Gasteiger partial charge in [0.2, 0.25) is 0 Å². The van der Waals surface area contributed by atoms with Crippen LogP contribution in [0.3, 0.4) is 0 Å². The molecule has 0 heterocycles. The van der Waals surface area contributed by atoms with Crippen LogP contribution in [0.25, 0.3) is 0 Å². The van der Waals surface area contributed by atoms with Crippen LogP contribution in [-0.2, 0) is 32.7 Å². The molecule has 8 nitrogen and oxygen atoms in total. The second kappa shape index (κ2) is 36.8. The highest BCUT2D eigenvalue weighted by Crippen LogP contribution is 2.43. The average Bonchev–Trinajstić information content (AvgIpc) is 3.09. The van der Waals surface area contributed by atoms with Crippen molar-refractivity contribution in [2.45, 2.75) is 181 Å². The molecule has 0 aliphatic rings. The van der Waals surface area contributed by atoms with Gasteiger partial charge in [0.1, 0.15) is 6.61 Å². The van der Waals surface area contributed by atoms with E-state index in [-0.39, 0.29) is 32.0 Å². The molecule has 2 unspecified atom stereocenters. The van der Waals surface area contributed by atoms with Crippen LogP contribution >= 0.6 is 7.82 Å². The highest BCUT2D eigenvalue weighted by molar-refractivity contribution is 7.47.